The number of hydrogen-bond donors (Lipinski definition) is 1. The summed E-state index contributed by atoms with van der Waals surface area (Å²) in [5.74, 6) is 0.0659. The zero-order valence-electron chi connectivity index (χ0n) is 24.6. The molecule has 44 heavy (non-hydrogen) atoms. The molecule has 13 heteroatoms. The number of morpholine rings is 1. The van der Waals surface area contributed by atoms with Crippen LogP contribution < -0.4 is 15.2 Å². The summed E-state index contributed by atoms with van der Waals surface area (Å²) in [6, 6.07) is 14.3. The highest BCUT2D eigenvalue weighted by molar-refractivity contribution is 7.98. The van der Waals surface area contributed by atoms with Crippen molar-refractivity contribution in [2.24, 2.45) is 0 Å². The lowest BCUT2D eigenvalue weighted by atomic mass is 9.93. The molecule has 0 spiro atoms. The Morgan fingerprint density at radius 3 is 2.59 bits per heavy atom. The molecule has 10 nitrogen and oxygen atoms in total. The van der Waals surface area contributed by atoms with E-state index in [1.165, 1.54) is 12.1 Å². The number of nitrogens with zero attached hydrogens (tertiary/aromatic N) is 3. The van der Waals surface area contributed by atoms with Crippen LogP contribution in [0.15, 0.2) is 64.4 Å². The van der Waals surface area contributed by atoms with E-state index < -0.39 is 22.3 Å². The molecule has 0 saturated carbocycles. The normalized spacial score (nSPS) is 19.0. The number of benzene rings is 2. The van der Waals surface area contributed by atoms with Gasteiger partial charge in [0.15, 0.2) is 11.4 Å². The van der Waals surface area contributed by atoms with E-state index >= 15 is 4.39 Å². The van der Waals surface area contributed by atoms with Crippen LogP contribution in [0.5, 0.6) is 5.75 Å². The Kier molecular flexibility index (Phi) is 9.98. The molecule has 2 atom stereocenters. The van der Waals surface area contributed by atoms with Crippen molar-refractivity contribution in [3.8, 4) is 5.75 Å². The molecule has 236 valence electrons. The van der Waals surface area contributed by atoms with Crippen molar-refractivity contribution in [3.63, 3.8) is 0 Å². The van der Waals surface area contributed by atoms with Crippen LogP contribution in [-0.4, -0.2) is 67.2 Å². The van der Waals surface area contributed by atoms with Crippen molar-refractivity contribution in [1.82, 2.24) is 9.58 Å². The zero-order valence-corrected chi connectivity index (χ0v) is 26.3. The van der Waals surface area contributed by atoms with Gasteiger partial charge in [0.2, 0.25) is 5.43 Å². The summed E-state index contributed by atoms with van der Waals surface area (Å²) in [5.41, 5.74) is 2.37. The highest BCUT2D eigenvalue weighted by Gasteiger charge is 2.46. The molecule has 1 fully saturated rings. The number of hydrogen-bond acceptors (Lipinski definition) is 8. The van der Waals surface area contributed by atoms with Gasteiger partial charge in [-0.3, -0.25) is 23.8 Å². The molecular formula is C31H36FN3O7S2. The second-order valence-electron chi connectivity index (χ2n) is 10.8. The topological polar surface area (TPSA) is 118 Å². The van der Waals surface area contributed by atoms with Gasteiger partial charge >= 0.3 is 0 Å². The van der Waals surface area contributed by atoms with E-state index in [4.69, 9.17) is 14.0 Å². The van der Waals surface area contributed by atoms with Crippen LogP contribution in [0.2, 0.25) is 0 Å². The second kappa shape index (κ2) is 13.7. The summed E-state index contributed by atoms with van der Waals surface area (Å²) in [4.78, 5) is 29.8. The van der Waals surface area contributed by atoms with E-state index in [1.807, 2.05) is 18.2 Å². The van der Waals surface area contributed by atoms with Gasteiger partial charge in [0.1, 0.15) is 12.0 Å². The second-order valence-corrected chi connectivity index (χ2v) is 13.3. The fraction of sp³-hybridized carbons (Fsp3) is 0.419. The van der Waals surface area contributed by atoms with Crippen molar-refractivity contribution in [2.75, 3.05) is 37.6 Å². The van der Waals surface area contributed by atoms with Gasteiger partial charge in [-0.1, -0.05) is 56.5 Å². The van der Waals surface area contributed by atoms with Crippen molar-refractivity contribution in [1.29, 1.82) is 0 Å². The smallest absolute Gasteiger partial charge is 0.278 e. The number of amides is 1. The molecule has 0 aliphatic carbocycles. The minimum absolute atomic E-state index is 0.0738. The first-order valence-electron chi connectivity index (χ1n) is 14.6. The maximum absolute atomic E-state index is 15.3. The first-order chi connectivity index (χ1) is 21.1. The van der Waals surface area contributed by atoms with E-state index in [-0.39, 0.29) is 28.6 Å². The van der Waals surface area contributed by atoms with Crippen LogP contribution in [0.3, 0.4) is 0 Å². The minimum atomic E-state index is -3.67. The highest BCUT2D eigenvalue weighted by atomic mass is 32.2. The summed E-state index contributed by atoms with van der Waals surface area (Å²) in [7, 11) is -3.67. The van der Waals surface area contributed by atoms with Gasteiger partial charge in [-0.2, -0.15) is 8.42 Å². The number of aromatic nitrogens is 1. The molecular weight excluding hydrogens is 609 g/mol. The summed E-state index contributed by atoms with van der Waals surface area (Å²) in [5, 5.41) is 2.07. The largest absolute Gasteiger partial charge is 0.487 e. The van der Waals surface area contributed by atoms with Crippen molar-refractivity contribution >= 4 is 27.8 Å². The van der Waals surface area contributed by atoms with Gasteiger partial charge in [-0.05, 0) is 29.7 Å². The molecule has 6 rings (SSSR count). The third-order valence-corrected chi connectivity index (χ3v) is 8.82. The number of fused-ring (bicyclic) bond motifs is 4. The predicted octanol–water partition coefficient (Wildman–Crippen LogP) is 4.60. The highest BCUT2D eigenvalue weighted by Crippen LogP contribution is 2.44. The fourth-order valence-corrected chi connectivity index (χ4v) is 6.91. The number of ether oxygens (including phenoxy) is 2. The van der Waals surface area contributed by atoms with Crippen LogP contribution in [0.1, 0.15) is 65.8 Å². The summed E-state index contributed by atoms with van der Waals surface area (Å²) in [6.45, 7) is 3.59. The molecule has 1 amide bonds. The third-order valence-electron chi connectivity index (χ3n) is 7.70. The van der Waals surface area contributed by atoms with Gasteiger partial charge in [-0.25, -0.2) is 4.39 Å². The molecule has 4 heterocycles. The van der Waals surface area contributed by atoms with Gasteiger partial charge in [0, 0.05) is 35.0 Å². The SMILES string of the molecule is CCCCCCOc1c2n(ccc1=O)N(C1c3ccccc3SCc3c(F)cccc31)[C@@H]1COCCN1C2=O.CS(=O)(=O)O. The van der Waals surface area contributed by atoms with Crippen LogP contribution in [0.4, 0.5) is 4.39 Å². The number of halogens is 1. The summed E-state index contributed by atoms with van der Waals surface area (Å²) in [6.07, 6.45) is 5.90. The molecule has 0 bridgehead atoms. The Bertz CT molecular complexity index is 1670. The van der Waals surface area contributed by atoms with E-state index in [9.17, 15) is 18.0 Å². The number of rotatable bonds is 7. The Morgan fingerprint density at radius 2 is 1.82 bits per heavy atom. The molecule has 3 aliphatic heterocycles. The van der Waals surface area contributed by atoms with Crippen molar-refractivity contribution < 1.29 is 31.6 Å². The number of pyridine rings is 1. The van der Waals surface area contributed by atoms with E-state index in [1.54, 1.807) is 33.6 Å². The summed E-state index contributed by atoms with van der Waals surface area (Å²) < 4.78 is 54.8. The molecule has 0 radical (unpaired) electrons. The zero-order chi connectivity index (χ0) is 31.4. The summed E-state index contributed by atoms with van der Waals surface area (Å²) >= 11 is 1.61. The predicted molar refractivity (Wildman–Crippen MR) is 166 cm³/mol. The fourth-order valence-electron chi connectivity index (χ4n) is 5.79. The average Bonchev–Trinajstić information content (AvgIpc) is 3.15. The van der Waals surface area contributed by atoms with Crippen LogP contribution in [-0.2, 0) is 20.6 Å². The molecule has 1 N–H and O–H groups in total. The van der Waals surface area contributed by atoms with Crippen LogP contribution in [0.25, 0.3) is 0 Å². The molecule has 1 aromatic heterocycles. The lowest BCUT2D eigenvalue weighted by Gasteiger charge is -2.51. The number of carbonyl (C=O) groups is 1. The molecule has 3 aromatic rings. The number of unbranched alkanes of at least 4 members (excludes halogenated alkanes) is 3. The molecule has 3 aliphatic rings. The van der Waals surface area contributed by atoms with Gasteiger partial charge in [0.25, 0.3) is 16.0 Å². The Balaban J connectivity index is 0.000000712. The Labute approximate surface area is 260 Å². The number of carbonyl (C=O) groups excluding carboxylic acids is 1. The van der Waals surface area contributed by atoms with E-state index in [2.05, 4.69) is 24.1 Å². The maximum Gasteiger partial charge on any atom is 0.278 e. The lowest BCUT2D eigenvalue weighted by molar-refractivity contribution is -0.0198. The molecule has 1 saturated heterocycles. The molecule has 2 aromatic carbocycles. The average molecular weight is 646 g/mol. The number of thioether (sulfide) groups is 1. The quantitative estimate of drug-likeness (QED) is 0.291. The maximum atomic E-state index is 15.3. The first-order valence-corrected chi connectivity index (χ1v) is 17.4. The monoisotopic (exact) mass is 645 g/mol. The Morgan fingerprint density at radius 1 is 1.07 bits per heavy atom. The van der Waals surface area contributed by atoms with Crippen LogP contribution >= 0.6 is 11.8 Å². The van der Waals surface area contributed by atoms with Gasteiger partial charge < -0.3 is 14.4 Å². The minimum Gasteiger partial charge on any atom is -0.487 e. The third kappa shape index (κ3) is 6.80. The van der Waals surface area contributed by atoms with Crippen molar-refractivity contribution in [2.45, 2.75) is 55.5 Å². The standard InChI is InChI=1S/C30H32FN3O4S.CH4O3S/c1-2-3-4-7-16-38-29-24(35)13-14-33-28(29)30(36)32-15-17-37-18-26(32)34(33)27-20-10-8-11-23(31)22(20)19-39-25-12-6-5-9-21(25)27;1-5(2,3)4/h5-6,8-14,26-27H,2-4,7,15-19H2,1H3;1H3,(H,2,3,4)/t26-,27?;/m1./s1. The molecule has 1 unspecified atom stereocenters. The van der Waals surface area contributed by atoms with Crippen molar-refractivity contribution in [3.05, 3.63) is 93.2 Å². The van der Waals surface area contributed by atoms with Crippen LogP contribution in [0, 0.1) is 5.82 Å². The van der Waals surface area contributed by atoms with Gasteiger partial charge in [-0.15, -0.1) is 11.8 Å². The van der Waals surface area contributed by atoms with Gasteiger partial charge in [0.05, 0.1) is 32.1 Å². The first kappa shape index (κ1) is 32.0. The lowest BCUT2D eigenvalue weighted by Crippen LogP contribution is -2.66. The Hall–Kier alpha value is -3.39. The van der Waals surface area contributed by atoms with E-state index in [0.29, 0.717) is 43.9 Å². The van der Waals surface area contributed by atoms with E-state index in [0.717, 1.165) is 41.7 Å².